The zero-order valence-corrected chi connectivity index (χ0v) is 7.70. The molecular formula is C7H6INO2. The van der Waals surface area contributed by atoms with Crippen molar-refractivity contribution in [2.75, 3.05) is 0 Å². The van der Waals surface area contributed by atoms with Gasteiger partial charge in [-0.3, -0.25) is 10.0 Å². The van der Waals surface area contributed by atoms with E-state index in [1.807, 2.05) is 6.07 Å². The Kier molecular flexibility index (Phi) is 2.84. The van der Waals surface area contributed by atoms with Gasteiger partial charge >= 0.3 is 0 Å². The van der Waals surface area contributed by atoms with Gasteiger partial charge in [0.25, 0.3) is 5.91 Å². The summed E-state index contributed by atoms with van der Waals surface area (Å²) in [6, 6.07) is 6.95. The van der Waals surface area contributed by atoms with Crippen LogP contribution < -0.4 is 5.48 Å². The molecule has 1 amide bonds. The summed E-state index contributed by atoms with van der Waals surface area (Å²) in [5, 5.41) is 8.28. The van der Waals surface area contributed by atoms with Crippen LogP contribution in [0.3, 0.4) is 0 Å². The van der Waals surface area contributed by atoms with E-state index in [0.717, 1.165) is 3.57 Å². The molecule has 1 rings (SSSR count). The van der Waals surface area contributed by atoms with Crippen LogP contribution in [0.2, 0.25) is 0 Å². The number of hydrogen-bond acceptors (Lipinski definition) is 2. The van der Waals surface area contributed by atoms with Crippen LogP contribution in [-0.4, -0.2) is 11.1 Å². The Bertz CT molecular complexity index is 275. The van der Waals surface area contributed by atoms with Gasteiger partial charge in [-0.15, -0.1) is 0 Å². The van der Waals surface area contributed by atoms with Crippen LogP contribution >= 0.6 is 22.6 Å². The van der Waals surface area contributed by atoms with Crippen molar-refractivity contribution >= 4 is 28.5 Å². The summed E-state index contributed by atoms with van der Waals surface area (Å²) in [5.74, 6) is -0.483. The molecule has 2 N–H and O–H groups in total. The first-order chi connectivity index (χ1) is 5.24. The Morgan fingerprint density at radius 1 is 1.55 bits per heavy atom. The first-order valence-electron chi connectivity index (χ1n) is 2.94. The Morgan fingerprint density at radius 3 is 2.82 bits per heavy atom. The molecule has 0 aliphatic carbocycles. The van der Waals surface area contributed by atoms with Crippen molar-refractivity contribution in [1.82, 2.24) is 5.48 Å². The van der Waals surface area contributed by atoms with Crippen LogP contribution in [0.4, 0.5) is 0 Å². The van der Waals surface area contributed by atoms with Crippen LogP contribution in [0.15, 0.2) is 24.3 Å². The minimum atomic E-state index is -0.483. The van der Waals surface area contributed by atoms with Gasteiger partial charge in [-0.1, -0.05) is 6.07 Å². The summed E-state index contributed by atoms with van der Waals surface area (Å²) in [5.41, 5.74) is 2.02. The fourth-order valence-corrected chi connectivity index (χ4v) is 1.24. The average molecular weight is 263 g/mol. The fraction of sp³-hybridized carbons (Fsp3) is 0. The molecule has 0 aliphatic heterocycles. The summed E-state index contributed by atoms with van der Waals surface area (Å²) in [4.78, 5) is 10.8. The molecule has 0 heterocycles. The van der Waals surface area contributed by atoms with Crippen LogP contribution in [-0.2, 0) is 0 Å². The zero-order valence-electron chi connectivity index (χ0n) is 5.54. The highest BCUT2D eigenvalue weighted by Gasteiger charge is 2.01. The van der Waals surface area contributed by atoms with Crippen molar-refractivity contribution in [1.29, 1.82) is 0 Å². The van der Waals surface area contributed by atoms with Gasteiger partial charge in [0.05, 0.1) is 0 Å². The molecule has 1 aromatic carbocycles. The number of nitrogens with one attached hydrogen (secondary N) is 1. The van der Waals surface area contributed by atoms with Crippen LogP contribution in [0.25, 0.3) is 0 Å². The van der Waals surface area contributed by atoms with Crippen molar-refractivity contribution in [3.8, 4) is 0 Å². The minimum Gasteiger partial charge on any atom is -0.288 e. The van der Waals surface area contributed by atoms with E-state index in [4.69, 9.17) is 5.21 Å². The molecule has 0 bridgehead atoms. The number of hydrogen-bond donors (Lipinski definition) is 2. The number of halogens is 1. The summed E-state index contributed by atoms with van der Waals surface area (Å²) >= 11 is 2.09. The molecule has 0 saturated carbocycles. The molecule has 0 unspecified atom stereocenters. The van der Waals surface area contributed by atoms with E-state index in [2.05, 4.69) is 22.6 Å². The number of benzene rings is 1. The molecule has 0 atom stereocenters. The summed E-state index contributed by atoms with van der Waals surface area (Å²) in [7, 11) is 0. The largest absolute Gasteiger partial charge is 0.288 e. The van der Waals surface area contributed by atoms with E-state index in [1.54, 1.807) is 23.7 Å². The highest BCUT2D eigenvalue weighted by atomic mass is 127. The standard InChI is InChI=1S/C7H6INO2/c8-6-3-1-2-5(4-6)7(10)9-11/h1-4,11H,(H,9,10). The summed E-state index contributed by atoms with van der Waals surface area (Å²) < 4.78 is 0.962. The quantitative estimate of drug-likeness (QED) is 0.457. The molecular weight excluding hydrogens is 257 g/mol. The monoisotopic (exact) mass is 263 g/mol. The first kappa shape index (κ1) is 8.48. The summed E-state index contributed by atoms with van der Waals surface area (Å²) in [6.07, 6.45) is 0. The summed E-state index contributed by atoms with van der Waals surface area (Å²) in [6.45, 7) is 0. The van der Waals surface area contributed by atoms with Crippen molar-refractivity contribution in [2.24, 2.45) is 0 Å². The lowest BCUT2D eigenvalue weighted by molar-refractivity contribution is 0.0706. The highest BCUT2D eigenvalue weighted by Crippen LogP contribution is 2.06. The van der Waals surface area contributed by atoms with E-state index >= 15 is 0 Å². The van der Waals surface area contributed by atoms with E-state index in [9.17, 15) is 4.79 Å². The topological polar surface area (TPSA) is 49.3 Å². The van der Waals surface area contributed by atoms with Gasteiger partial charge in [-0.05, 0) is 40.8 Å². The molecule has 58 valence electrons. The molecule has 0 saturated heterocycles. The average Bonchev–Trinajstić information content (AvgIpc) is 2.03. The molecule has 0 fully saturated rings. The third-order valence-electron chi connectivity index (χ3n) is 1.19. The third kappa shape index (κ3) is 2.16. The predicted molar refractivity (Wildman–Crippen MR) is 48.4 cm³/mol. The smallest absolute Gasteiger partial charge is 0.274 e. The lowest BCUT2D eigenvalue weighted by Gasteiger charge is -1.97. The predicted octanol–water partition coefficient (Wildman–Crippen LogP) is 1.41. The second-order valence-corrected chi connectivity index (χ2v) is 3.20. The van der Waals surface area contributed by atoms with E-state index in [0.29, 0.717) is 5.56 Å². The van der Waals surface area contributed by atoms with Crippen LogP contribution in [0.5, 0.6) is 0 Å². The zero-order chi connectivity index (χ0) is 8.27. The molecule has 4 heteroatoms. The SMILES string of the molecule is O=C(NO)c1cccc(I)c1. The number of hydroxylamine groups is 1. The first-order valence-corrected chi connectivity index (χ1v) is 4.02. The van der Waals surface area contributed by atoms with E-state index < -0.39 is 5.91 Å². The molecule has 1 aromatic rings. The number of amides is 1. The van der Waals surface area contributed by atoms with Crippen molar-refractivity contribution in [2.45, 2.75) is 0 Å². The van der Waals surface area contributed by atoms with Gasteiger partial charge in [-0.25, -0.2) is 5.48 Å². The highest BCUT2D eigenvalue weighted by molar-refractivity contribution is 14.1. The number of carbonyl (C=O) groups is 1. The third-order valence-corrected chi connectivity index (χ3v) is 1.86. The van der Waals surface area contributed by atoms with Crippen molar-refractivity contribution in [3.63, 3.8) is 0 Å². The number of carbonyl (C=O) groups excluding carboxylic acids is 1. The van der Waals surface area contributed by atoms with Crippen LogP contribution in [0.1, 0.15) is 10.4 Å². The normalized spacial score (nSPS) is 9.27. The molecule has 0 radical (unpaired) electrons. The Hall–Kier alpha value is -0.620. The Balaban J connectivity index is 2.96. The second kappa shape index (κ2) is 3.68. The maximum Gasteiger partial charge on any atom is 0.274 e. The van der Waals surface area contributed by atoms with Crippen molar-refractivity contribution in [3.05, 3.63) is 33.4 Å². The maximum atomic E-state index is 10.8. The Labute approximate surface area is 77.5 Å². The molecule has 0 aliphatic rings. The maximum absolute atomic E-state index is 10.8. The van der Waals surface area contributed by atoms with Gasteiger partial charge < -0.3 is 0 Å². The second-order valence-electron chi connectivity index (χ2n) is 1.95. The van der Waals surface area contributed by atoms with Gasteiger partial charge in [-0.2, -0.15) is 0 Å². The Morgan fingerprint density at radius 2 is 2.27 bits per heavy atom. The lowest BCUT2D eigenvalue weighted by atomic mass is 10.2. The van der Waals surface area contributed by atoms with Crippen molar-refractivity contribution < 1.29 is 10.0 Å². The molecule has 11 heavy (non-hydrogen) atoms. The van der Waals surface area contributed by atoms with E-state index in [1.165, 1.54) is 0 Å². The van der Waals surface area contributed by atoms with E-state index in [-0.39, 0.29) is 0 Å². The van der Waals surface area contributed by atoms with Gasteiger partial charge in [0.2, 0.25) is 0 Å². The molecule has 0 aromatic heterocycles. The molecule has 0 spiro atoms. The fourth-order valence-electron chi connectivity index (χ4n) is 0.694. The van der Waals surface area contributed by atoms with Gasteiger partial charge in [0.1, 0.15) is 0 Å². The molecule has 3 nitrogen and oxygen atoms in total. The van der Waals surface area contributed by atoms with Crippen LogP contribution in [0, 0.1) is 3.57 Å². The minimum absolute atomic E-state index is 0.458. The van der Waals surface area contributed by atoms with Gasteiger partial charge in [0.15, 0.2) is 0 Å². The number of rotatable bonds is 1. The lowest BCUT2D eigenvalue weighted by Crippen LogP contribution is -2.18. The van der Waals surface area contributed by atoms with Gasteiger partial charge in [0, 0.05) is 9.13 Å².